The van der Waals surface area contributed by atoms with Gasteiger partial charge in [-0.3, -0.25) is 14.3 Å². The summed E-state index contributed by atoms with van der Waals surface area (Å²) in [5.74, 6) is 0.00379. The highest BCUT2D eigenvalue weighted by Crippen LogP contribution is 2.17. The number of carbonyl (C=O) groups excluding carboxylic acids is 2. The van der Waals surface area contributed by atoms with Crippen LogP contribution in [0.15, 0.2) is 30.3 Å². The first kappa shape index (κ1) is 18.7. The monoisotopic (exact) mass is 344 g/mol. The van der Waals surface area contributed by atoms with E-state index < -0.39 is 12.1 Å². The van der Waals surface area contributed by atoms with Crippen LogP contribution in [0.25, 0.3) is 0 Å². The van der Waals surface area contributed by atoms with E-state index in [0.717, 1.165) is 11.4 Å². The maximum atomic E-state index is 12.4. The third-order valence-corrected chi connectivity index (χ3v) is 3.98. The van der Waals surface area contributed by atoms with Gasteiger partial charge >= 0.3 is 5.97 Å². The molecular formula is C19H24N2O4. The van der Waals surface area contributed by atoms with Crippen molar-refractivity contribution in [1.82, 2.24) is 9.78 Å². The molecule has 2 unspecified atom stereocenters. The molecule has 0 fully saturated rings. The van der Waals surface area contributed by atoms with Gasteiger partial charge in [0.15, 0.2) is 6.10 Å². The third-order valence-electron chi connectivity index (χ3n) is 3.98. The summed E-state index contributed by atoms with van der Waals surface area (Å²) in [6, 6.07) is 8.54. The lowest BCUT2D eigenvalue weighted by Gasteiger charge is -2.16. The quantitative estimate of drug-likeness (QED) is 0.569. The number of methoxy groups -OCH3 is 1. The van der Waals surface area contributed by atoms with E-state index in [1.54, 1.807) is 43.0 Å². The highest BCUT2D eigenvalue weighted by molar-refractivity contribution is 6.00. The SMILES string of the molecule is COc1ccc(C(=O)C(C)OC(=O)CC(C)n2nc(C)cc2C)cc1. The first-order chi connectivity index (χ1) is 11.8. The standard InChI is InChI=1S/C19H24N2O4/c1-12-10-13(2)21(20-12)14(3)11-18(22)25-15(4)19(23)16-6-8-17(24-5)9-7-16/h6-10,14-15H,11H2,1-5H3. The minimum atomic E-state index is -0.839. The molecule has 0 radical (unpaired) electrons. The fraction of sp³-hybridized carbons (Fsp3) is 0.421. The number of benzene rings is 1. The Balaban J connectivity index is 1.94. The average molecular weight is 344 g/mol. The number of nitrogens with zero attached hydrogens (tertiary/aromatic N) is 2. The van der Waals surface area contributed by atoms with Crippen molar-refractivity contribution >= 4 is 11.8 Å². The van der Waals surface area contributed by atoms with Crippen molar-refractivity contribution in [1.29, 1.82) is 0 Å². The molecule has 134 valence electrons. The van der Waals surface area contributed by atoms with E-state index in [1.807, 2.05) is 26.8 Å². The van der Waals surface area contributed by atoms with E-state index in [4.69, 9.17) is 9.47 Å². The number of carbonyl (C=O) groups is 2. The summed E-state index contributed by atoms with van der Waals surface area (Å²) in [4.78, 5) is 24.5. The predicted octanol–water partition coefficient (Wildman–Crippen LogP) is 3.27. The summed E-state index contributed by atoms with van der Waals surface area (Å²) in [5, 5.41) is 4.37. The second-order valence-electron chi connectivity index (χ2n) is 6.15. The molecule has 6 heteroatoms. The molecule has 0 aliphatic rings. The van der Waals surface area contributed by atoms with Crippen LogP contribution in [0.3, 0.4) is 0 Å². The number of hydrogen-bond donors (Lipinski definition) is 0. The molecule has 0 bridgehead atoms. The molecule has 0 spiro atoms. The number of aromatic nitrogens is 2. The third kappa shape index (κ3) is 4.68. The maximum Gasteiger partial charge on any atom is 0.308 e. The molecule has 1 aromatic carbocycles. The molecule has 0 aliphatic heterocycles. The normalized spacial score (nSPS) is 13.2. The second kappa shape index (κ2) is 7.96. The Hall–Kier alpha value is -2.63. The zero-order valence-corrected chi connectivity index (χ0v) is 15.3. The van der Waals surface area contributed by atoms with Crippen LogP contribution in [0.4, 0.5) is 0 Å². The van der Waals surface area contributed by atoms with Crippen molar-refractivity contribution in [2.45, 2.75) is 46.3 Å². The molecule has 2 rings (SSSR count). The first-order valence-electron chi connectivity index (χ1n) is 8.22. The van der Waals surface area contributed by atoms with Crippen LogP contribution in [0.5, 0.6) is 5.75 Å². The largest absolute Gasteiger partial charge is 0.497 e. The van der Waals surface area contributed by atoms with E-state index in [9.17, 15) is 9.59 Å². The second-order valence-corrected chi connectivity index (χ2v) is 6.15. The van der Waals surface area contributed by atoms with Gasteiger partial charge in [-0.25, -0.2) is 0 Å². The molecule has 2 atom stereocenters. The fourth-order valence-electron chi connectivity index (χ4n) is 2.71. The van der Waals surface area contributed by atoms with Gasteiger partial charge in [-0.15, -0.1) is 0 Å². The number of ketones is 1. The van der Waals surface area contributed by atoms with Gasteiger partial charge in [0.25, 0.3) is 0 Å². The molecule has 1 heterocycles. The molecule has 25 heavy (non-hydrogen) atoms. The Bertz CT molecular complexity index is 749. The summed E-state index contributed by atoms with van der Waals surface area (Å²) in [7, 11) is 1.56. The molecule has 0 aliphatic carbocycles. The number of hydrogen-bond acceptors (Lipinski definition) is 5. The number of rotatable bonds is 7. The van der Waals surface area contributed by atoms with Crippen LogP contribution < -0.4 is 4.74 Å². The van der Waals surface area contributed by atoms with Crippen LogP contribution in [-0.2, 0) is 9.53 Å². The van der Waals surface area contributed by atoms with E-state index in [-0.39, 0.29) is 18.2 Å². The van der Waals surface area contributed by atoms with Gasteiger partial charge in [0.2, 0.25) is 5.78 Å². The molecule has 2 aromatic rings. The molecule has 0 saturated carbocycles. The summed E-state index contributed by atoms with van der Waals surface area (Å²) in [6.45, 7) is 7.33. The maximum absolute atomic E-state index is 12.4. The van der Waals surface area contributed by atoms with Crippen molar-refractivity contribution in [2.24, 2.45) is 0 Å². The minimum absolute atomic E-state index is 0.135. The molecule has 0 amide bonds. The molecular weight excluding hydrogens is 320 g/mol. The van der Waals surface area contributed by atoms with Gasteiger partial charge in [-0.05, 0) is 58.0 Å². The van der Waals surface area contributed by atoms with E-state index in [0.29, 0.717) is 11.3 Å². The minimum Gasteiger partial charge on any atom is -0.497 e. The van der Waals surface area contributed by atoms with Crippen LogP contribution in [0.1, 0.15) is 48.1 Å². The lowest BCUT2D eigenvalue weighted by molar-refractivity contribution is -0.147. The van der Waals surface area contributed by atoms with Crippen molar-refractivity contribution in [2.75, 3.05) is 7.11 Å². The highest BCUT2D eigenvalue weighted by atomic mass is 16.5. The molecule has 6 nitrogen and oxygen atoms in total. The smallest absolute Gasteiger partial charge is 0.308 e. The van der Waals surface area contributed by atoms with Crippen molar-refractivity contribution in [3.63, 3.8) is 0 Å². The summed E-state index contributed by atoms with van der Waals surface area (Å²) in [5.41, 5.74) is 2.37. The zero-order valence-electron chi connectivity index (χ0n) is 15.3. The Morgan fingerprint density at radius 2 is 1.80 bits per heavy atom. The number of ether oxygens (including phenoxy) is 2. The Morgan fingerprint density at radius 3 is 2.32 bits per heavy atom. The summed E-state index contributed by atoms with van der Waals surface area (Å²) < 4.78 is 12.2. The van der Waals surface area contributed by atoms with Gasteiger partial charge in [0.1, 0.15) is 5.75 Å². The number of Topliss-reactive ketones (excluding diaryl/α,β-unsaturated/α-hetero) is 1. The van der Waals surface area contributed by atoms with Gasteiger partial charge < -0.3 is 9.47 Å². The van der Waals surface area contributed by atoms with E-state index in [1.165, 1.54) is 0 Å². The van der Waals surface area contributed by atoms with Gasteiger partial charge in [-0.1, -0.05) is 0 Å². The highest BCUT2D eigenvalue weighted by Gasteiger charge is 2.22. The summed E-state index contributed by atoms with van der Waals surface area (Å²) in [6.07, 6.45) is -0.684. The van der Waals surface area contributed by atoms with Crippen LogP contribution in [-0.4, -0.2) is 34.7 Å². The van der Waals surface area contributed by atoms with Crippen molar-refractivity contribution in [3.05, 3.63) is 47.3 Å². The lowest BCUT2D eigenvalue weighted by Crippen LogP contribution is -2.26. The van der Waals surface area contributed by atoms with Gasteiger partial charge in [0, 0.05) is 11.3 Å². The van der Waals surface area contributed by atoms with Crippen molar-refractivity contribution < 1.29 is 19.1 Å². The number of aryl methyl sites for hydroxylation is 2. The summed E-state index contributed by atoms with van der Waals surface area (Å²) >= 11 is 0. The fourth-order valence-corrected chi connectivity index (χ4v) is 2.71. The molecule has 0 saturated heterocycles. The number of esters is 1. The van der Waals surface area contributed by atoms with Crippen molar-refractivity contribution in [3.8, 4) is 5.75 Å². The lowest BCUT2D eigenvalue weighted by atomic mass is 10.1. The Labute approximate surface area is 147 Å². The molecule has 1 aromatic heterocycles. The van der Waals surface area contributed by atoms with Gasteiger partial charge in [0.05, 0.1) is 25.3 Å². The first-order valence-corrected chi connectivity index (χ1v) is 8.22. The van der Waals surface area contributed by atoms with Crippen LogP contribution in [0.2, 0.25) is 0 Å². The van der Waals surface area contributed by atoms with Crippen LogP contribution >= 0.6 is 0 Å². The topological polar surface area (TPSA) is 70.4 Å². The Morgan fingerprint density at radius 1 is 1.16 bits per heavy atom. The average Bonchev–Trinajstić information content (AvgIpc) is 2.92. The van der Waals surface area contributed by atoms with Gasteiger partial charge in [-0.2, -0.15) is 5.10 Å². The molecule has 0 N–H and O–H groups in total. The van der Waals surface area contributed by atoms with Crippen LogP contribution in [0, 0.1) is 13.8 Å². The predicted molar refractivity (Wildman–Crippen MR) is 93.9 cm³/mol. The zero-order chi connectivity index (χ0) is 18.6. The Kier molecular flexibility index (Phi) is 5.96. The van der Waals surface area contributed by atoms with E-state index >= 15 is 0 Å². The van der Waals surface area contributed by atoms with E-state index in [2.05, 4.69) is 5.10 Å².